The van der Waals surface area contributed by atoms with Crippen LogP contribution >= 0.6 is 0 Å². The molecule has 0 spiro atoms. The van der Waals surface area contributed by atoms with Crippen LogP contribution < -0.4 is 15.8 Å². The summed E-state index contributed by atoms with van der Waals surface area (Å²) in [7, 11) is 0. The van der Waals surface area contributed by atoms with Crippen LogP contribution in [0.25, 0.3) is 0 Å². The van der Waals surface area contributed by atoms with E-state index in [9.17, 15) is 62.3 Å². The lowest BCUT2D eigenvalue weighted by Gasteiger charge is -2.23. The number of carbonyl (C=O) groups is 2. The lowest BCUT2D eigenvalue weighted by atomic mass is 10.2. The maximum absolute atomic E-state index is 13.4. The van der Waals surface area contributed by atoms with Crippen molar-refractivity contribution in [3.63, 3.8) is 0 Å². The maximum atomic E-state index is 13.4. The Bertz CT molecular complexity index is 1510. The molecule has 22 heteroatoms. The van der Waals surface area contributed by atoms with E-state index in [-0.39, 0.29) is 11.4 Å². The van der Waals surface area contributed by atoms with Crippen LogP contribution in [0.4, 0.5) is 81.9 Å². The smallest absolute Gasteiger partial charge is 0.289 e. The Morgan fingerprint density at radius 1 is 0.553 bits per heavy atom. The number of alkyl halides is 12. The second kappa shape index (κ2) is 14.0. The Labute approximate surface area is 254 Å². The van der Waals surface area contributed by atoms with Crippen LogP contribution in [-0.4, -0.2) is 62.6 Å². The first kappa shape index (κ1) is 36.2. The Morgan fingerprint density at radius 2 is 0.894 bits per heavy atom. The summed E-state index contributed by atoms with van der Waals surface area (Å²) in [5.41, 5.74) is -1.02. The number of ketones is 2. The zero-order chi connectivity index (χ0) is 35.2. The number of hydrogen-bond donors (Lipinski definition) is 2. The van der Waals surface area contributed by atoms with Crippen molar-refractivity contribution >= 4 is 52.2 Å². The molecule has 10 nitrogen and oxygen atoms in total. The molecular formula is C25H16F12N8O2. The number of nitrogens with one attached hydrogen (secondary N) is 2. The molecule has 2 aromatic carbocycles. The van der Waals surface area contributed by atoms with Crippen molar-refractivity contribution in [2.24, 2.45) is 10.2 Å². The third-order valence-corrected chi connectivity index (χ3v) is 5.38. The van der Waals surface area contributed by atoms with Crippen molar-refractivity contribution in [2.75, 3.05) is 15.8 Å². The third-order valence-electron chi connectivity index (χ3n) is 5.38. The van der Waals surface area contributed by atoms with Gasteiger partial charge >= 0.3 is 24.7 Å². The van der Waals surface area contributed by atoms with E-state index in [2.05, 4.69) is 25.2 Å². The fourth-order valence-electron chi connectivity index (χ4n) is 3.24. The van der Waals surface area contributed by atoms with E-state index in [4.69, 9.17) is 0 Å². The lowest BCUT2D eigenvalue weighted by Crippen LogP contribution is -2.32. The average molecular weight is 688 g/mol. The van der Waals surface area contributed by atoms with Crippen LogP contribution in [0.1, 0.15) is 12.8 Å². The van der Waals surface area contributed by atoms with E-state index in [1.165, 1.54) is 53.4 Å². The summed E-state index contributed by atoms with van der Waals surface area (Å²) < 4.78 is 156. The molecule has 1 aromatic heterocycles. The molecule has 2 N–H and O–H groups in total. The molecule has 252 valence electrons. The molecule has 0 aliphatic rings. The van der Waals surface area contributed by atoms with Gasteiger partial charge in [0.2, 0.25) is 29.4 Å². The molecule has 3 aromatic rings. The summed E-state index contributed by atoms with van der Waals surface area (Å²) in [5, 5.41) is 5.49. The number of hydrazone groups is 2. The van der Waals surface area contributed by atoms with Gasteiger partial charge in [0.05, 0.1) is 12.8 Å². The highest BCUT2D eigenvalue weighted by atomic mass is 19.4. The molecule has 0 saturated carbocycles. The van der Waals surface area contributed by atoms with Gasteiger partial charge in [-0.05, 0) is 24.3 Å². The summed E-state index contributed by atoms with van der Waals surface area (Å²) >= 11 is 0. The number of anilines is 5. The molecule has 0 amide bonds. The van der Waals surface area contributed by atoms with E-state index in [1.807, 2.05) is 0 Å². The van der Waals surface area contributed by atoms with Crippen molar-refractivity contribution in [3.05, 3.63) is 60.7 Å². The van der Waals surface area contributed by atoms with Gasteiger partial charge in [0, 0.05) is 11.4 Å². The zero-order valence-corrected chi connectivity index (χ0v) is 22.7. The molecule has 0 aliphatic carbocycles. The van der Waals surface area contributed by atoms with Gasteiger partial charge in [0.1, 0.15) is 11.4 Å². The topological polar surface area (TPSA) is 125 Å². The van der Waals surface area contributed by atoms with E-state index >= 15 is 0 Å². The van der Waals surface area contributed by atoms with Crippen LogP contribution in [0.15, 0.2) is 70.9 Å². The summed E-state index contributed by atoms with van der Waals surface area (Å²) in [5.74, 6) is -8.41. The number of nitrogens with zero attached hydrogens (tertiary/aromatic N) is 6. The van der Waals surface area contributed by atoms with E-state index in [1.54, 1.807) is 23.0 Å². The SMILES string of the molecule is O=C(C/C(=N/Nc1nc(N/N=C(/CC(=O)C(F)(F)F)C(F)(F)F)nc(N(c2ccccc2)c2ccccc2)n1)C(F)(F)F)C(F)(F)F. The van der Waals surface area contributed by atoms with Gasteiger partial charge in [-0.25, -0.2) is 10.9 Å². The van der Waals surface area contributed by atoms with E-state index < -0.39 is 78.4 Å². The number of aromatic nitrogens is 3. The van der Waals surface area contributed by atoms with Crippen molar-refractivity contribution in [1.29, 1.82) is 0 Å². The number of benzene rings is 2. The minimum absolute atomic E-state index is 0.229. The number of halogens is 12. The number of carbonyl (C=O) groups excluding carboxylic acids is 2. The summed E-state index contributed by atoms with van der Waals surface area (Å²) in [6, 6.07) is 15.0. The standard InChI is InChI=1S/C25H16F12N8O2/c26-22(27,28)15(11-17(46)24(32,33)34)41-43-19-38-20(44-42-16(23(29,30)31)12-18(47)25(35,36)37)40-21(39-19)45(13-7-3-1-4-8-13)14-9-5-2-6-10-14/h1-10H,11-12H2,(H2,38,39,40,43,44)/b41-15-,42-16-. The Hall–Kier alpha value is -5.31. The molecule has 0 bridgehead atoms. The quantitative estimate of drug-likeness (QED) is 0.125. The number of rotatable bonds is 11. The molecular weight excluding hydrogens is 672 g/mol. The summed E-state index contributed by atoms with van der Waals surface area (Å²) in [6.07, 6.45) is -27.1. The molecule has 0 unspecified atom stereocenters. The average Bonchev–Trinajstić information content (AvgIpc) is 2.96. The molecule has 0 fully saturated rings. The minimum Gasteiger partial charge on any atom is -0.289 e. The van der Waals surface area contributed by atoms with Gasteiger partial charge in [-0.3, -0.25) is 14.5 Å². The highest BCUT2D eigenvalue weighted by Crippen LogP contribution is 2.33. The minimum atomic E-state index is -5.67. The zero-order valence-electron chi connectivity index (χ0n) is 22.7. The first-order valence-corrected chi connectivity index (χ1v) is 12.3. The first-order chi connectivity index (χ1) is 21.7. The predicted molar refractivity (Wildman–Crippen MR) is 140 cm³/mol. The van der Waals surface area contributed by atoms with Crippen LogP contribution in [-0.2, 0) is 9.59 Å². The number of hydrogen-bond acceptors (Lipinski definition) is 10. The van der Waals surface area contributed by atoms with Crippen LogP contribution in [0, 0.1) is 0 Å². The molecule has 0 radical (unpaired) electrons. The maximum Gasteiger partial charge on any atom is 0.450 e. The molecule has 3 rings (SSSR count). The van der Waals surface area contributed by atoms with Crippen LogP contribution in [0.5, 0.6) is 0 Å². The van der Waals surface area contributed by atoms with Gasteiger partial charge in [0.15, 0.2) is 0 Å². The monoisotopic (exact) mass is 688 g/mol. The predicted octanol–water partition coefficient (Wildman–Crippen LogP) is 7.04. The van der Waals surface area contributed by atoms with E-state index in [0.717, 1.165) is 0 Å². The lowest BCUT2D eigenvalue weighted by molar-refractivity contribution is -0.170. The second-order valence-electron chi connectivity index (χ2n) is 8.82. The molecule has 0 aliphatic heterocycles. The third kappa shape index (κ3) is 10.4. The van der Waals surface area contributed by atoms with Gasteiger partial charge in [0.25, 0.3) is 0 Å². The van der Waals surface area contributed by atoms with Crippen LogP contribution in [0.2, 0.25) is 0 Å². The van der Waals surface area contributed by atoms with E-state index in [0.29, 0.717) is 0 Å². The normalized spacial score (nSPS) is 13.3. The van der Waals surface area contributed by atoms with Crippen molar-refractivity contribution in [2.45, 2.75) is 37.5 Å². The Balaban J connectivity index is 2.18. The fraction of sp³-hybridized carbons (Fsp3) is 0.240. The van der Waals surface area contributed by atoms with Gasteiger partial charge in [-0.2, -0.15) is 77.8 Å². The Kier molecular flexibility index (Phi) is 10.8. The van der Waals surface area contributed by atoms with Gasteiger partial charge in [-0.1, -0.05) is 36.4 Å². The van der Waals surface area contributed by atoms with Crippen molar-refractivity contribution < 1.29 is 62.3 Å². The van der Waals surface area contributed by atoms with Gasteiger partial charge < -0.3 is 0 Å². The molecule has 1 heterocycles. The van der Waals surface area contributed by atoms with Crippen molar-refractivity contribution in [3.8, 4) is 0 Å². The molecule has 0 atom stereocenters. The summed E-state index contributed by atoms with van der Waals surface area (Å²) in [6.45, 7) is 0. The van der Waals surface area contributed by atoms with Crippen LogP contribution in [0.3, 0.4) is 0 Å². The largest absolute Gasteiger partial charge is 0.450 e. The molecule has 47 heavy (non-hydrogen) atoms. The van der Waals surface area contributed by atoms with Gasteiger partial charge in [-0.15, -0.1) is 0 Å². The summed E-state index contributed by atoms with van der Waals surface area (Å²) in [4.78, 5) is 34.7. The fourth-order valence-corrected chi connectivity index (χ4v) is 3.24. The van der Waals surface area contributed by atoms with Crippen molar-refractivity contribution in [1.82, 2.24) is 15.0 Å². The highest BCUT2D eigenvalue weighted by Gasteiger charge is 2.46. The molecule has 0 saturated heterocycles. The first-order valence-electron chi connectivity index (χ1n) is 12.3. The Morgan fingerprint density at radius 3 is 1.19 bits per heavy atom. The second-order valence-corrected chi connectivity index (χ2v) is 8.82. The highest BCUT2D eigenvalue weighted by molar-refractivity contribution is 6.07. The number of para-hydroxylation sites is 2. The number of Topliss-reactive ketones (excluding diaryl/α,β-unsaturated/α-hetero) is 2.